The fourth-order valence-corrected chi connectivity index (χ4v) is 3.39. The van der Waals surface area contributed by atoms with E-state index in [0.29, 0.717) is 29.4 Å². The van der Waals surface area contributed by atoms with Crippen LogP contribution in [-0.2, 0) is 16.4 Å². The van der Waals surface area contributed by atoms with E-state index >= 15 is 0 Å². The third-order valence-electron chi connectivity index (χ3n) is 2.99. The number of sulfonamides is 1. The Bertz CT molecular complexity index is 696. The molecule has 0 saturated carbocycles. The number of rotatable bonds is 2. The molecule has 0 fully saturated rings. The van der Waals surface area contributed by atoms with Gasteiger partial charge >= 0.3 is 0 Å². The largest absolute Gasteiger partial charge is 0.457 e. The highest BCUT2D eigenvalue weighted by Crippen LogP contribution is 2.28. The molecular formula is C14H13NO3S. The van der Waals surface area contributed by atoms with Gasteiger partial charge in [0.1, 0.15) is 11.5 Å². The van der Waals surface area contributed by atoms with Crippen LogP contribution in [0.4, 0.5) is 0 Å². The van der Waals surface area contributed by atoms with E-state index in [-0.39, 0.29) is 0 Å². The summed E-state index contributed by atoms with van der Waals surface area (Å²) in [7, 11) is -3.39. The average Bonchev–Trinajstić information content (AvgIpc) is 2.40. The number of nitrogens with one attached hydrogen (secondary N) is 1. The first-order valence-corrected chi connectivity index (χ1v) is 7.49. The molecule has 0 atom stereocenters. The van der Waals surface area contributed by atoms with Crippen LogP contribution in [0.2, 0.25) is 0 Å². The second-order valence-corrected chi connectivity index (χ2v) is 6.07. The van der Waals surface area contributed by atoms with Crippen LogP contribution >= 0.6 is 0 Å². The highest BCUT2D eigenvalue weighted by Gasteiger charge is 2.23. The Morgan fingerprint density at radius 1 is 1.00 bits per heavy atom. The first-order valence-electron chi connectivity index (χ1n) is 6.01. The molecule has 0 bridgehead atoms. The molecule has 98 valence electrons. The van der Waals surface area contributed by atoms with Crippen LogP contribution in [-0.4, -0.2) is 15.0 Å². The molecule has 3 rings (SSSR count). The van der Waals surface area contributed by atoms with Gasteiger partial charge in [0.25, 0.3) is 0 Å². The average molecular weight is 275 g/mol. The maximum atomic E-state index is 11.9. The van der Waals surface area contributed by atoms with Crippen LogP contribution < -0.4 is 9.46 Å². The summed E-state index contributed by atoms with van der Waals surface area (Å²) < 4.78 is 32.0. The van der Waals surface area contributed by atoms with Gasteiger partial charge < -0.3 is 4.74 Å². The zero-order valence-corrected chi connectivity index (χ0v) is 11.0. The summed E-state index contributed by atoms with van der Waals surface area (Å²) in [6.07, 6.45) is 0.709. The molecule has 2 aromatic carbocycles. The lowest BCUT2D eigenvalue weighted by Gasteiger charge is -2.18. The summed E-state index contributed by atoms with van der Waals surface area (Å²) >= 11 is 0. The summed E-state index contributed by atoms with van der Waals surface area (Å²) in [4.78, 5) is 0.312. The zero-order chi connectivity index (χ0) is 13.3. The van der Waals surface area contributed by atoms with Crippen LogP contribution in [0.5, 0.6) is 11.5 Å². The summed E-state index contributed by atoms with van der Waals surface area (Å²) in [5, 5.41) is 0. The number of fused-ring (bicyclic) bond motifs is 1. The van der Waals surface area contributed by atoms with Crippen LogP contribution in [0.15, 0.2) is 53.4 Å². The standard InChI is InChI=1S/C14H13NO3S/c16-19(17)14-10-13(7-6-11(14)8-9-15-19)18-12-4-2-1-3-5-12/h1-7,10,15H,8-9H2. The Kier molecular flexibility index (Phi) is 3.00. The van der Waals surface area contributed by atoms with E-state index in [9.17, 15) is 8.42 Å². The molecule has 0 spiro atoms. The summed E-state index contributed by atoms with van der Waals surface area (Å²) in [6, 6.07) is 14.5. The van der Waals surface area contributed by atoms with Gasteiger partial charge in [0.15, 0.2) is 0 Å². The number of para-hydroxylation sites is 1. The van der Waals surface area contributed by atoms with Crippen molar-refractivity contribution < 1.29 is 13.2 Å². The van der Waals surface area contributed by atoms with Crippen molar-refractivity contribution in [1.82, 2.24) is 4.72 Å². The molecule has 0 aromatic heterocycles. The first kappa shape index (κ1) is 12.2. The van der Waals surface area contributed by atoms with Crippen molar-refractivity contribution in [2.45, 2.75) is 11.3 Å². The molecule has 4 nitrogen and oxygen atoms in total. The third-order valence-corrected chi connectivity index (χ3v) is 4.54. The maximum absolute atomic E-state index is 11.9. The molecule has 2 aromatic rings. The summed E-state index contributed by atoms with van der Waals surface area (Å²) in [5.74, 6) is 1.21. The van der Waals surface area contributed by atoms with Crippen molar-refractivity contribution in [3.8, 4) is 11.5 Å². The van der Waals surface area contributed by atoms with E-state index in [1.54, 1.807) is 12.1 Å². The molecule has 0 amide bonds. The van der Waals surface area contributed by atoms with Crippen molar-refractivity contribution in [3.05, 3.63) is 54.1 Å². The van der Waals surface area contributed by atoms with Gasteiger partial charge in [0.05, 0.1) is 4.90 Å². The first-order chi connectivity index (χ1) is 9.15. The van der Waals surface area contributed by atoms with Crippen LogP contribution in [0, 0.1) is 0 Å². The van der Waals surface area contributed by atoms with Crippen molar-refractivity contribution in [2.24, 2.45) is 0 Å². The number of hydrogen-bond acceptors (Lipinski definition) is 3. The van der Waals surface area contributed by atoms with Crippen molar-refractivity contribution in [1.29, 1.82) is 0 Å². The Morgan fingerprint density at radius 2 is 1.79 bits per heavy atom. The minimum absolute atomic E-state index is 0.312. The number of hydrogen-bond donors (Lipinski definition) is 1. The van der Waals surface area contributed by atoms with Gasteiger partial charge in [-0.05, 0) is 30.2 Å². The lowest BCUT2D eigenvalue weighted by Crippen LogP contribution is -2.31. The Labute approximate surface area is 112 Å². The lowest BCUT2D eigenvalue weighted by atomic mass is 10.1. The van der Waals surface area contributed by atoms with Gasteiger partial charge in [-0.1, -0.05) is 24.3 Å². The molecule has 0 saturated heterocycles. The predicted octanol–water partition coefficient (Wildman–Crippen LogP) is 2.31. The minimum Gasteiger partial charge on any atom is -0.457 e. The SMILES string of the molecule is O=S1(=O)NCCc2ccc(Oc3ccccc3)cc21. The fourth-order valence-electron chi connectivity index (χ4n) is 2.08. The maximum Gasteiger partial charge on any atom is 0.240 e. The van der Waals surface area contributed by atoms with Gasteiger partial charge in [0, 0.05) is 12.6 Å². The van der Waals surface area contributed by atoms with Crippen molar-refractivity contribution in [2.75, 3.05) is 6.54 Å². The highest BCUT2D eigenvalue weighted by atomic mass is 32.2. The normalized spacial score (nSPS) is 16.6. The fraction of sp³-hybridized carbons (Fsp3) is 0.143. The van der Waals surface area contributed by atoms with Gasteiger partial charge in [-0.25, -0.2) is 13.1 Å². The van der Waals surface area contributed by atoms with Gasteiger partial charge in [0.2, 0.25) is 10.0 Å². The van der Waals surface area contributed by atoms with E-state index < -0.39 is 10.0 Å². The Hall–Kier alpha value is -1.85. The number of ether oxygens (including phenoxy) is 1. The smallest absolute Gasteiger partial charge is 0.240 e. The molecule has 1 N–H and O–H groups in total. The monoisotopic (exact) mass is 275 g/mol. The second-order valence-electron chi connectivity index (χ2n) is 4.33. The molecule has 1 aliphatic rings. The predicted molar refractivity (Wildman–Crippen MR) is 71.9 cm³/mol. The van der Waals surface area contributed by atoms with Crippen LogP contribution in [0.25, 0.3) is 0 Å². The third kappa shape index (κ3) is 2.47. The summed E-state index contributed by atoms with van der Waals surface area (Å²) in [5.41, 5.74) is 0.833. The summed E-state index contributed by atoms with van der Waals surface area (Å²) in [6.45, 7) is 0.453. The number of benzene rings is 2. The quantitative estimate of drug-likeness (QED) is 0.915. The molecule has 19 heavy (non-hydrogen) atoms. The lowest BCUT2D eigenvalue weighted by molar-refractivity contribution is 0.479. The molecule has 0 aliphatic carbocycles. The molecular weight excluding hydrogens is 262 g/mol. The van der Waals surface area contributed by atoms with E-state index in [2.05, 4.69) is 4.72 Å². The molecule has 0 radical (unpaired) electrons. The Balaban J connectivity index is 1.97. The molecule has 1 heterocycles. The van der Waals surface area contributed by atoms with Crippen molar-refractivity contribution in [3.63, 3.8) is 0 Å². The van der Waals surface area contributed by atoms with Gasteiger partial charge in [-0.3, -0.25) is 0 Å². The topological polar surface area (TPSA) is 55.4 Å². The minimum atomic E-state index is -3.39. The Morgan fingerprint density at radius 3 is 2.58 bits per heavy atom. The van der Waals surface area contributed by atoms with E-state index in [1.165, 1.54) is 0 Å². The van der Waals surface area contributed by atoms with E-state index in [4.69, 9.17) is 4.74 Å². The molecule has 0 unspecified atom stereocenters. The van der Waals surface area contributed by atoms with Crippen LogP contribution in [0.3, 0.4) is 0 Å². The second kappa shape index (κ2) is 4.68. The van der Waals surface area contributed by atoms with Gasteiger partial charge in [-0.15, -0.1) is 0 Å². The molecule has 5 heteroatoms. The zero-order valence-electron chi connectivity index (χ0n) is 10.2. The van der Waals surface area contributed by atoms with E-state index in [0.717, 1.165) is 5.56 Å². The van der Waals surface area contributed by atoms with E-state index in [1.807, 2.05) is 36.4 Å². The highest BCUT2D eigenvalue weighted by molar-refractivity contribution is 7.89. The van der Waals surface area contributed by atoms with Crippen LogP contribution in [0.1, 0.15) is 5.56 Å². The molecule has 1 aliphatic heterocycles. The van der Waals surface area contributed by atoms with Crippen molar-refractivity contribution >= 4 is 10.0 Å². The van der Waals surface area contributed by atoms with Gasteiger partial charge in [-0.2, -0.15) is 0 Å².